The van der Waals surface area contributed by atoms with Gasteiger partial charge in [-0.15, -0.1) is 0 Å². The number of nitrogens with zero attached hydrogens (tertiary/aromatic N) is 5. The van der Waals surface area contributed by atoms with Gasteiger partial charge in [0.15, 0.2) is 11.6 Å². The highest BCUT2D eigenvalue weighted by Gasteiger charge is 2.24. The molecule has 0 unspecified atom stereocenters. The maximum atomic E-state index is 5.90. The molecule has 0 spiro atoms. The number of methoxy groups -OCH3 is 1. The number of hydrogen-bond acceptors (Lipinski definition) is 7. The van der Waals surface area contributed by atoms with Crippen LogP contribution in [0, 0.1) is 6.92 Å². The molecular weight excluding hydrogens is 330 g/mol. The van der Waals surface area contributed by atoms with Crippen LogP contribution in [0.4, 0.5) is 5.82 Å². The lowest BCUT2D eigenvalue weighted by Gasteiger charge is -2.33. The summed E-state index contributed by atoms with van der Waals surface area (Å²) in [4.78, 5) is 20.1. The lowest BCUT2D eigenvalue weighted by Crippen LogP contribution is -2.39. The third-order valence-corrected chi connectivity index (χ3v) is 4.57. The SMILES string of the molecule is COc1cnc(OC2CCN(c3nc4ccccc4nc3C)CC2)nc1. The van der Waals surface area contributed by atoms with Crippen LogP contribution in [-0.4, -0.2) is 46.2 Å². The number of rotatable bonds is 4. The van der Waals surface area contributed by atoms with Crippen molar-refractivity contribution in [3.05, 3.63) is 42.4 Å². The second-order valence-corrected chi connectivity index (χ2v) is 6.33. The highest BCUT2D eigenvalue weighted by atomic mass is 16.5. The average molecular weight is 351 g/mol. The third-order valence-electron chi connectivity index (χ3n) is 4.57. The largest absolute Gasteiger partial charge is 0.494 e. The van der Waals surface area contributed by atoms with Crippen LogP contribution < -0.4 is 14.4 Å². The number of hydrogen-bond donors (Lipinski definition) is 0. The van der Waals surface area contributed by atoms with E-state index in [0.717, 1.165) is 48.5 Å². The minimum Gasteiger partial charge on any atom is -0.494 e. The number of para-hydroxylation sites is 2. The number of benzene rings is 1. The summed E-state index contributed by atoms with van der Waals surface area (Å²) >= 11 is 0. The van der Waals surface area contributed by atoms with E-state index in [1.165, 1.54) is 0 Å². The number of anilines is 1. The molecule has 3 aromatic rings. The fourth-order valence-electron chi connectivity index (χ4n) is 3.18. The van der Waals surface area contributed by atoms with Gasteiger partial charge in [-0.3, -0.25) is 0 Å². The molecular formula is C19H21N5O2. The van der Waals surface area contributed by atoms with E-state index in [1.807, 2.05) is 31.2 Å². The van der Waals surface area contributed by atoms with Gasteiger partial charge in [0.05, 0.1) is 36.2 Å². The molecule has 4 rings (SSSR count). The highest BCUT2D eigenvalue weighted by Crippen LogP contribution is 2.24. The van der Waals surface area contributed by atoms with Gasteiger partial charge >= 0.3 is 6.01 Å². The molecule has 0 aliphatic carbocycles. The smallest absolute Gasteiger partial charge is 0.316 e. The van der Waals surface area contributed by atoms with E-state index in [9.17, 15) is 0 Å². The van der Waals surface area contributed by atoms with E-state index < -0.39 is 0 Å². The maximum Gasteiger partial charge on any atom is 0.316 e. The van der Waals surface area contributed by atoms with Crippen LogP contribution in [0.25, 0.3) is 11.0 Å². The molecule has 0 amide bonds. The summed E-state index contributed by atoms with van der Waals surface area (Å²) in [5.41, 5.74) is 2.82. The van der Waals surface area contributed by atoms with Crippen LogP contribution >= 0.6 is 0 Å². The predicted octanol–water partition coefficient (Wildman–Crippen LogP) is 2.78. The van der Waals surface area contributed by atoms with Crippen LogP contribution in [0.2, 0.25) is 0 Å². The molecule has 0 N–H and O–H groups in total. The molecule has 1 fully saturated rings. The van der Waals surface area contributed by atoms with Crippen molar-refractivity contribution >= 4 is 16.9 Å². The van der Waals surface area contributed by atoms with E-state index in [-0.39, 0.29) is 6.10 Å². The molecule has 1 aromatic carbocycles. The zero-order valence-electron chi connectivity index (χ0n) is 14.9. The first kappa shape index (κ1) is 16.5. The third kappa shape index (κ3) is 3.37. The van der Waals surface area contributed by atoms with Crippen molar-refractivity contribution in [3.8, 4) is 11.8 Å². The normalized spacial score (nSPS) is 15.2. The van der Waals surface area contributed by atoms with Gasteiger partial charge in [0, 0.05) is 25.9 Å². The van der Waals surface area contributed by atoms with Gasteiger partial charge in [-0.05, 0) is 19.1 Å². The molecule has 0 bridgehead atoms. The molecule has 0 atom stereocenters. The Morgan fingerprint density at radius 1 is 1.00 bits per heavy atom. The molecule has 0 saturated carbocycles. The molecule has 1 saturated heterocycles. The van der Waals surface area contributed by atoms with E-state index in [1.54, 1.807) is 19.5 Å². The van der Waals surface area contributed by atoms with Gasteiger partial charge in [0.1, 0.15) is 6.10 Å². The number of aromatic nitrogens is 4. The van der Waals surface area contributed by atoms with E-state index >= 15 is 0 Å². The Labute approximate surface area is 152 Å². The zero-order valence-corrected chi connectivity index (χ0v) is 14.9. The lowest BCUT2D eigenvalue weighted by molar-refractivity contribution is 0.156. The zero-order chi connectivity index (χ0) is 17.9. The number of piperidine rings is 1. The lowest BCUT2D eigenvalue weighted by atomic mass is 10.1. The second-order valence-electron chi connectivity index (χ2n) is 6.33. The Morgan fingerprint density at radius 3 is 2.31 bits per heavy atom. The van der Waals surface area contributed by atoms with Crippen molar-refractivity contribution < 1.29 is 9.47 Å². The summed E-state index contributed by atoms with van der Waals surface area (Å²) in [5.74, 6) is 1.58. The first-order valence-corrected chi connectivity index (χ1v) is 8.74. The average Bonchev–Trinajstić information content (AvgIpc) is 2.69. The fourth-order valence-corrected chi connectivity index (χ4v) is 3.18. The Hall–Kier alpha value is -2.96. The Kier molecular flexibility index (Phi) is 4.51. The van der Waals surface area contributed by atoms with E-state index in [2.05, 4.69) is 19.9 Å². The van der Waals surface area contributed by atoms with Crippen molar-refractivity contribution in [3.63, 3.8) is 0 Å². The highest BCUT2D eigenvalue weighted by molar-refractivity contribution is 5.76. The van der Waals surface area contributed by atoms with Gasteiger partial charge in [0.2, 0.25) is 0 Å². The number of ether oxygens (including phenoxy) is 2. The molecule has 1 aliphatic heterocycles. The van der Waals surface area contributed by atoms with Crippen LogP contribution in [-0.2, 0) is 0 Å². The van der Waals surface area contributed by atoms with Crippen molar-refractivity contribution in [2.75, 3.05) is 25.1 Å². The molecule has 134 valence electrons. The van der Waals surface area contributed by atoms with Gasteiger partial charge in [-0.1, -0.05) is 12.1 Å². The Balaban J connectivity index is 1.42. The summed E-state index contributed by atoms with van der Waals surface area (Å²) in [6, 6.07) is 8.37. The predicted molar refractivity (Wildman–Crippen MR) is 98.7 cm³/mol. The topological polar surface area (TPSA) is 73.3 Å². The van der Waals surface area contributed by atoms with Gasteiger partial charge < -0.3 is 14.4 Å². The molecule has 26 heavy (non-hydrogen) atoms. The fraction of sp³-hybridized carbons (Fsp3) is 0.368. The molecule has 0 radical (unpaired) electrons. The minimum atomic E-state index is 0.105. The minimum absolute atomic E-state index is 0.105. The van der Waals surface area contributed by atoms with Crippen molar-refractivity contribution in [1.29, 1.82) is 0 Å². The van der Waals surface area contributed by atoms with Gasteiger partial charge in [-0.25, -0.2) is 9.97 Å². The van der Waals surface area contributed by atoms with Crippen LogP contribution in [0.15, 0.2) is 36.7 Å². The summed E-state index contributed by atoms with van der Waals surface area (Å²) in [7, 11) is 1.59. The first-order chi connectivity index (χ1) is 12.7. The van der Waals surface area contributed by atoms with Crippen LogP contribution in [0.1, 0.15) is 18.5 Å². The van der Waals surface area contributed by atoms with Crippen LogP contribution in [0.5, 0.6) is 11.8 Å². The number of fused-ring (bicyclic) bond motifs is 1. The monoisotopic (exact) mass is 351 g/mol. The standard InChI is InChI=1S/C19H21N5O2/c1-13-18(23-17-6-4-3-5-16(17)22-13)24-9-7-14(8-10-24)26-19-20-11-15(25-2)12-21-19/h3-6,11-12,14H,7-10H2,1-2H3. The summed E-state index contributed by atoms with van der Waals surface area (Å²) < 4.78 is 11.0. The quantitative estimate of drug-likeness (QED) is 0.715. The van der Waals surface area contributed by atoms with Gasteiger partial charge in [0.25, 0.3) is 0 Å². The Morgan fingerprint density at radius 2 is 1.65 bits per heavy atom. The van der Waals surface area contributed by atoms with E-state index in [4.69, 9.17) is 14.5 Å². The maximum absolute atomic E-state index is 5.90. The Bertz CT molecular complexity index is 892. The summed E-state index contributed by atoms with van der Waals surface area (Å²) in [6.07, 6.45) is 5.12. The van der Waals surface area contributed by atoms with Crippen molar-refractivity contribution in [2.24, 2.45) is 0 Å². The molecule has 1 aliphatic rings. The van der Waals surface area contributed by atoms with Crippen LogP contribution in [0.3, 0.4) is 0 Å². The van der Waals surface area contributed by atoms with E-state index in [0.29, 0.717) is 11.8 Å². The van der Waals surface area contributed by atoms with Crippen molar-refractivity contribution in [2.45, 2.75) is 25.9 Å². The second kappa shape index (κ2) is 7.11. The molecule has 7 nitrogen and oxygen atoms in total. The first-order valence-electron chi connectivity index (χ1n) is 8.74. The molecule has 7 heteroatoms. The molecule has 2 aromatic heterocycles. The number of aryl methyl sites for hydroxylation is 1. The summed E-state index contributed by atoms with van der Waals surface area (Å²) in [6.45, 7) is 3.76. The van der Waals surface area contributed by atoms with Gasteiger partial charge in [-0.2, -0.15) is 9.97 Å². The van der Waals surface area contributed by atoms with Crippen molar-refractivity contribution in [1.82, 2.24) is 19.9 Å². The molecule has 3 heterocycles. The summed E-state index contributed by atoms with van der Waals surface area (Å²) in [5, 5.41) is 0.